The molecule has 22 heavy (non-hydrogen) atoms. The normalized spacial score (nSPS) is 20.9. The Labute approximate surface area is 130 Å². The molecule has 5 heteroatoms. The number of hydrogen-bond donors (Lipinski definition) is 2. The number of carboxylic acid groups (broad SMARTS) is 1. The maximum absolute atomic E-state index is 11.7. The molecule has 0 aliphatic heterocycles. The minimum atomic E-state index is -1.15. The molecule has 1 aliphatic carbocycles. The SMILES string of the molecule is CC1CC(C/C=C(\NC(=O)OCc2ccccc2)C(=O)O)C1. The lowest BCUT2D eigenvalue weighted by Crippen LogP contribution is -2.28. The van der Waals surface area contributed by atoms with Crippen LogP contribution in [0, 0.1) is 11.8 Å². The molecule has 2 N–H and O–H groups in total. The van der Waals surface area contributed by atoms with E-state index in [0.717, 1.165) is 24.3 Å². The first-order valence-electron chi connectivity index (χ1n) is 7.45. The lowest BCUT2D eigenvalue weighted by Gasteiger charge is -2.31. The molecule has 1 amide bonds. The van der Waals surface area contributed by atoms with E-state index in [4.69, 9.17) is 9.84 Å². The highest BCUT2D eigenvalue weighted by Crippen LogP contribution is 2.35. The standard InChI is InChI=1S/C17H21NO4/c1-12-9-14(10-12)7-8-15(16(19)20)18-17(21)22-11-13-5-3-2-4-6-13/h2-6,8,12,14H,7,9-11H2,1H3,(H,18,21)(H,19,20)/b15-8-. The van der Waals surface area contributed by atoms with Gasteiger partial charge in [-0.3, -0.25) is 5.32 Å². The third-order valence-electron chi connectivity index (χ3n) is 3.81. The number of allylic oxidation sites excluding steroid dienone is 1. The smallest absolute Gasteiger partial charge is 0.412 e. The minimum absolute atomic E-state index is 0.111. The van der Waals surface area contributed by atoms with Gasteiger partial charge in [-0.2, -0.15) is 0 Å². The number of aliphatic carboxylic acids is 1. The molecule has 0 heterocycles. The summed E-state index contributed by atoms with van der Waals surface area (Å²) in [6.07, 6.45) is 3.72. The lowest BCUT2D eigenvalue weighted by molar-refractivity contribution is -0.133. The summed E-state index contributed by atoms with van der Waals surface area (Å²) in [7, 11) is 0. The zero-order valence-corrected chi connectivity index (χ0v) is 12.6. The quantitative estimate of drug-likeness (QED) is 0.790. The largest absolute Gasteiger partial charge is 0.477 e. The molecule has 0 aromatic heterocycles. The van der Waals surface area contributed by atoms with Crippen LogP contribution in [0.5, 0.6) is 0 Å². The van der Waals surface area contributed by atoms with Crippen molar-refractivity contribution in [3.8, 4) is 0 Å². The van der Waals surface area contributed by atoms with E-state index in [1.54, 1.807) is 6.08 Å². The maximum atomic E-state index is 11.7. The van der Waals surface area contributed by atoms with Crippen LogP contribution in [-0.4, -0.2) is 17.2 Å². The first-order valence-corrected chi connectivity index (χ1v) is 7.45. The molecule has 118 valence electrons. The van der Waals surface area contributed by atoms with Crippen molar-refractivity contribution in [2.24, 2.45) is 11.8 Å². The summed E-state index contributed by atoms with van der Waals surface area (Å²) >= 11 is 0. The second-order valence-electron chi connectivity index (χ2n) is 5.79. The molecule has 0 saturated heterocycles. The first-order chi connectivity index (χ1) is 10.5. The van der Waals surface area contributed by atoms with Crippen LogP contribution in [0.4, 0.5) is 4.79 Å². The van der Waals surface area contributed by atoms with E-state index >= 15 is 0 Å². The molecular formula is C17H21NO4. The van der Waals surface area contributed by atoms with Gasteiger partial charge in [0.25, 0.3) is 0 Å². The molecular weight excluding hydrogens is 282 g/mol. The summed E-state index contributed by atoms with van der Waals surface area (Å²) in [5.74, 6) is 0.0889. The third-order valence-corrected chi connectivity index (χ3v) is 3.81. The number of rotatable bonds is 6. The van der Waals surface area contributed by atoms with Gasteiger partial charge in [0.1, 0.15) is 12.3 Å². The zero-order chi connectivity index (χ0) is 15.9. The first kappa shape index (κ1) is 16.1. The number of ether oxygens (including phenoxy) is 1. The Morgan fingerprint density at radius 1 is 1.32 bits per heavy atom. The molecule has 0 unspecified atom stereocenters. The number of carbonyl (C=O) groups excluding carboxylic acids is 1. The zero-order valence-electron chi connectivity index (χ0n) is 12.6. The van der Waals surface area contributed by atoms with Gasteiger partial charge >= 0.3 is 12.1 Å². The van der Waals surface area contributed by atoms with Crippen molar-refractivity contribution < 1.29 is 19.4 Å². The number of carbonyl (C=O) groups is 2. The Morgan fingerprint density at radius 3 is 2.59 bits per heavy atom. The molecule has 5 nitrogen and oxygen atoms in total. The lowest BCUT2D eigenvalue weighted by atomic mass is 9.74. The molecule has 0 radical (unpaired) electrons. The Balaban J connectivity index is 1.80. The Kier molecular flexibility index (Phi) is 5.58. The summed E-state index contributed by atoms with van der Waals surface area (Å²) in [6.45, 7) is 2.29. The fourth-order valence-electron chi connectivity index (χ4n) is 2.61. The predicted molar refractivity (Wildman–Crippen MR) is 82.0 cm³/mol. The van der Waals surface area contributed by atoms with Crippen LogP contribution in [0.2, 0.25) is 0 Å². The van der Waals surface area contributed by atoms with Crippen molar-refractivity contribution >= 4 is 12.1 Å². The number of hydrogen-bond acceptors (Lipinski definition) is 3. The van der Waals surface area contributed by atoms with Crippen molar-refractivity contribution in [2.45, 2.75) is 32.8 Å². The van der Waals surface area contributed by atoms with Gasteiger partial charge in [-0.05, 0) is 36.7 Å². The van der Waals surface area contributed by atoms with E-state index in [1.165, 1.54) is 0 Å². The van der Waals surface area contributed by atoms with Crippen LogP contribution in [-0.2, 0) is 16.1 Å². The topological polar surface area (TPSA) is 75.6 Å². The fourth-order valence-corrected chi connectivity index (χ4v) is 2.61. The molecule has 2 rings (SSSR count). The molecule has 1 aromatic rings. The van der Waals surface area contributed by atoms with Crippen LogP contribution in [0.15, 0.2) is 42.1 Å². The van der Waals surface area contributed by atoms with E-state index in [2.05, 4.69) is 12.2 Å². The molecule has 1 fully saturated rings. The molecule has 1 aromatic carbocycles. The molecule has 1 aliphatic rings. The van der Waals surface area contributed by atoms with E-state index < -0.39 is 12.1 Å². The van der Waals surface area contributed by atoms with Crippen LogP contribution in [0.25, 0.3) is 0 Å². The van der Waals surface area contributed by atoms with E-state index in [1.807, 2.05) is 30.3 Å². The van der Waals surface area contributed by atoms with Crippen LogP contribution >= 0.6 is 0 Å². The average Bonchev–Trinajstić information content (AvgIpc) is 2.47. The van der Waals surface area contributed by atoms with Gasteiger partial charge in [-0.1, -0.05) is 43.3 Å². The van der Waals surface area contributed by atoms with Crippen molar-refractivity contribution in [3.63, 3.8) is 0 Å². The third kappa shape index (κ3) is 4.91. The van der Waals surface area contributed by atoms with Crippen molar-refractivity contribution in [2.75, 3.05) is 0 Å². The van der Waals surface area contributed by atoms with Crippen LogP contribution in [0.3, 0.4) is 0 Å². The Morgan fingerprint density at radius 2 is 2.00 bits per heavy atom. The number of alkyl carbamates (subject to hydrolysis) is 1. The Hall–Kier alpha value is -2.30. The van der Waals surface area contributed by atoms with Crippen LogP contribution in [0.1, 0.15) is 31.7 Å². The monoisotopic (exact) mass is 303 g/mol. The molecule has 0 spiro atoms. The maximum Gasteiger partial charge on any atom is 0.412 e. The second-order valence-corrected chi connectivity index (χ2v) is 5.79. The Bertz CT molecular complexity index is 547. The summed E-state index contributed by atoms with van der Waals surface area (Å²) in [6, 6.07) is 9.23. The fraction of sp³-hybridized carbons (Fsp3) is 0.412. The van der Waals surface area contributed by atoms with Gasteiger partial charge in [-0.15, -0.1) is 0 Å². The molecule has 0 atom stereocenters. The van der Waals surface area contributed by atoms with Gasteiger partial charge < -0.3 is 9.84 Å². The van der Waals surface area contributed by atoms with Gasteiger partial charge in [0.05, 0.1) is 0 Å². The van der Waals surface area contributed by atoms with Gasteiger partial charge in [0.2, 0.25) is 0 Å². The highest BCUT2D eigenvalue weighted by atomic mass is 16.5. The van der Waals surface area contributed by atoms with Gasteiger partial charge in [0.15, 0.2) is 0 Å². The number of nitrogens with one attached hydrogen (secondary N) is 1. The van der Waals surface area contributed by atoms with E-state index in [0.29, 0.717) is 12.3 Å². The van der Waals surface area contributed by atoms with Crippen molar-refractivity contribution in [3.05, 3.63) is 47.7 Å². The van der Waals surface area contributed by atoms with Crippen molar-refractivity contribution in [1.29, 1.82) is 0 Å². The summed E-state index contributed by atoms with van der Waals surface area (Å²) < 4.78 is 5.02. The summed E-state index contributed by atoms with van der Waals surface area (Å²) in [5.41, 5.74) is 0.736. The number of benzene rings is 1. The minimum Gasteiger partial charge on any atom is -0.477 e. The summed E-state index contributed by atoms with van der Waals surface area (Å²) in [4.78, 5) is 22.8. The predicted octanol–water partition coefficient (Wildman–Crippen LogP) is 3.32. The van der Waals surface area contributed by atoms with E-state index in [-0.39, 0.29) is 12.3 Å². The average molecular weight is 303 g/mol. The van der Waals surface area contributed by atoms with E-state index in [9.17, 15) is 9.59 Å². The highest BCUT2D eigenvalue weighted by molar-refractivity contribution is 5.90. The molecule has 1 saturated carbocycles. The summed E-state index contributed by atoms with van der Waals surface area (Å²) in [5, 5.41) is 11.4. The molecule has 0 bridgehead atoms. The van der Waals surface area contributed by atoms with Crippen molar-refractivity contribution in [1.82, 2.24) is 5.32 Å². The number of amides is 1. The van der Waals surface area contributed by atoms with Gasteiger partial charge in [0, 0.05) is 0 Å². The highest BCUT2D eigenvalue weighted by Gasteiger charge is 2.24. The second kappa shape index (κ2) is 7.64. The number of carboxylic acids is 1. The van der Waals surface area contributed by atoms with Gasteiger partial charge in [-0.25, -0.2) is 9.59 Å². The van der Waals surface area contributed by atoms with Crippen LogP contribution < -0.4 is 5.32 Å².